The van der Waals surface area contributed by atoms with E-state index in [9.17, 15) is 61.0 Å². The van der Waals surface area contributed by atoms with Crippen LogP contribution in [0.2, 0.25) is 0 Å². The van der Waals surface area contributed by atoms with Crippen LogP contribution in [0.5, 0.6) is 0 Å². The van der Waals surface area contributed by atoms with E-state index in [0.29, 0.717) is 12.8 Å². The first-order chi connectivity index (χ1) is 45.3. The van der Waals surface area contributed by atoms with Crippen molar-refractivity contribution in [3.63, 3.8) is 0 Å². The zero-order chi connectivity index (χ0) is 67.5. The lowest BCUT2D eigenvalue weighted by atomic mass is 9.96. The normalized spacial score (nSPS) is 28.0. The summed E-state index contributed by atoms with van der Waals surface area (Å²) in [6.07, 6.45) is 44.9. The first kappa shape index (κ1) is 84.2. The minimum Gasteiger partial charge on any atom is -0.394 e. The molecule has 12 N–H and O–H groups in total. The summed E-state index contributed by atoms with van der Waals surface area (Å²) in [4.78, 5) is 13.3. The van der Waals surface area contributed by atoms with Crippen LogP contribution in [0, 0.1) is 0 Å². The smallest absolute Gasteiger partial charge is 0.220 e. The molecular weight excluding hydrogens is 1190 g/mol. The molecule has 3 heterocycles. The van der Waals surface area contributed by atoms with Gasteiger partial charge in [-0.2, -0.15) is 0 Å². The van der Waals surface area contributed by atoms with Gasteiger partial charge >= 0.3 is 0 Å². The summed E-state index contributed by atoms with van der Waals surface area (Å²) in [5.74, 6) is -0.287. The van der Waals surface area contributed by atoms with E-state index >= 15 is 0 Å². The maximum atomic E-state index is 13.3. The number of allylic oxidation sites excluding steroid dienone is 13. The van der Waals surface area contributed by atoms with Crippen molar-refractivity contribution in [3.8, 4) is 0 Å². The maximum Gasteiger partial charge on any atom is 0.220 e. The zero-order valence-corrected chi connectivity index (χ0v) is 57.0. The van der Waals surface area contributed by atoms with Gasteiger partial charge in [-0.05, 0) is 77.0 Å². The number of nitrogens with one attached hydrogen (secondary N) is 1. The molecule has 0 aliphatic carbocycles. The number of aliphatic hydroxyl groups excluding tert-OH is 11. The summed E-state index contributed by atoms with van der Waals surface area (Å²) in [6, 6.07) is -0.989. The number of rotatable bonds is 55. The average molecular weight is 1320 g/mol. The Bertz CT molecular complexity index is 2010. The van der Waals surface area contributed by atoms with Gasteiger partial charge in [-0.3, -0.25) is 4.79 Å². The van der Waals surface area contributed by atoms with Crippen molar-refractivity contribution in [1.29, 1.82) is 0 Å². The lowest BCUT2D eigenvalue weighted by Crippen LogP contribution is -2.66. The number of carbonyl (C=O) groups is 1. The number of hydrogen-bond donors (Lipinski definition) is 12. The van der Waals surface area contributed by atoms with Gasteiger partial charge < -0.3 is 89.9 Å². The molecule has 3 fully saturated rings. The Hall–Kier alpha value is -3.03. The fraction of sp³-hybridized carbons (Fsp3) is 0.797. The molecule has 3 saturated heterocycles. The lowest BCUT2D eigenvalue weighted by molar-refractivity contribution is -0.379. The molecule has 538 valence electrons. The van der Waals surface area contributed by atoms with Gasteiger partial charge in [0.15, 0.2) is 18.9 Å². The molecule has 0 aromatic carbocycles. The van der Waals surface area contributed by atoms with Crippen LogP contribution < -0.4 is 5.32 Å². The molecule has 17 atom stereocenters. The fourth-order valence-corrected chi connectivity index (χ4v) is 11.8. The summed E-state index contributed by atoms with van der Waals surface area (Å²) in [6.45, 7) is 1.53. The van der Waals surface area contributed by atoms with Crippen LogP contribution in [-0.2, 0) is 33.2 Å². The standard InChI is InChI=1S/C74H129NO18/c1-3-5-7-9-11-13-14-15-16-17-18-19-20-21-22-23-24-25-26-27-28-29-30-31-32-33-34-35-36-37-38-39-40-41-42-44-46-48-50-52-62(80)75-57(58(79)51-49-47-45-43-12-10-8-6-4-2)56-88-72-68(86)65(83)70(60(54-77)90-72)93-74-69(87)66(84)71(61(55-78)91-74)92-73-67(85)64(82)63(81)59(53-76)89-73/h5,7,11-13,15-16,18-19,21-22,43,49,51,57-61,63-74,76-79,81-87H,3-4,6,8-10,14,17,20,23-42,44-48,50,52-56H2,1-2H3,(H,75,80)/b7-5-,13-11-,16-15-,19-18-,22-21-,43-12+,51-49+. The SMILES string of the molecule is CC/C=C\C/C=C\C/C=C\C/C=C\C/C=C\CCCCCCCCCCCCCCCCCCCCCCCCCC(=O)NC(COC1OC(CO)C(OC2OC(CO)C(OC3OC(CO)C(O)C(O)C3O)C(O)C2O)C(O)C1O)C(O)/C=C/CC/C=C/CCCCC. The number of ether oxygens (including phenoxy) is 6. The maximum absolute atomic E-state index is 13.3. The van der Waals surface area contributed by atoms with E-state index in [-0.39, 0.29) is 18.9 Å². The number of unbranched alkanes of at least 4 members (excludes halogenated alkanes) is 27. The molecule has 19 nitrogen and oxygen atoms in total. The molecule has 0 aromatic heterocycles. The number of hydrogen-bond acceptors (Lipinski definition) is 18. The second-order valence-corrected chi connectivity index (χ2v) is 25.7. The Morgan fingerprint density at radius 3 is 1.20 bits per heavy atom. The van der Waals surface area contributed by atoms with Gasteiger partial charge in [-0.15, -0.1) is 0 Å². The van der Waals surface area contributed by atoms with Gasteiger partial charge in [-0.1, -0.05) is 247 Å². The van der Waals surface area contributed by atoms with Crippen molar-refractivity contribution in [3.05, 3.63) is 85.1 Å². The van der Waals surface area contributed by atoms with Crippen LogP contribution in [-0.4, -0.2) is 193 Å². The summed E-state index contributed by atoms with van der Waals surface area (Å²) >= 11 is 0. The van der Waals surface area contributed by atoms with Crippen molar-refractivity contribution in [1.82, 2.24) is 5.32 Å². The van der Waals surface area contributed by atoms with E-state index in [2.05, 4.69) is 92.1 Å². The third-order valence-electron chi connectivity index (χ3n) is 17.7. The third-order valence-corrected chi connectivity index (χ3v) is 17.7. The first-order valence-electron chi connectivity index (χ1n) is 36.3. The summed E-state index contributed by atoms with van der Waals surface area (Å²) in [7, 11) is 0. The highest BCUT2D eigenvalue weighted by molar-refractivity contribution is 5.76. The molecule has 19 heteroatoms. The van der Waals surface area contributed by atoms with Crippen LogP contribution in [0.15, 0.2) is 85.1 Å². The molecule has 0 radical (unpaired) electrons. The Kier molecular flexibility index (Phi) is 49.7. The van der Waals surface area contributed by atoms with Crippen molar-refractivity contribution >= 4 is 5.91 Å². The number of carbonyl (C=O) groups excluding carboxylic acids is 1. The van der Waals surface area contributed by atoms with Crippen LogP contribution in [0.25, 0.3) is 0 Å². The van der Waals surface area contributed by atoms with E-state index in [0.717, 1.165) is 77.0 Å². The van der Waals surface area contributed by atoms with Gasteiger partial charge in [0.2, 0.25) is 5.91 Å². The van der Waals surface area contributed by atoms with E-state index < -0.39 is 124 Å². The predicted octanol–water partition coefficient (Wildman–Crippen LogP) is 10.3. The van der Waals surface area contributed by atoms with Crippen LogP contribution in [0.4, 0.5) is 0 Å². The lowest BCUT2D eigenvalue weighted by Gasteiger charge is -2.48. The fourth-order valence-electron chi connectivity index (χ4n) is 11.8. The second-order valence-electron chi connectivity index (χ2n) is 25.7. The summed E-state index contributed by atoms with van der Waals surface area (Å²) in [5.41, 5.74) is 0. The average Bonchev–Trinajstić information content (AvgIpc) is 0.828. The Labute approximate surface area is 559 Å². The van der Waals surface area contributed by atoms with E-state index in [1.54, 1.807) is 6.08 Å². The highest BCUT2D eigenvalue weighted by atomic mass is 16.8. The predicted molar refractivity (Wildman–Crippen MR) is 364 cm³/mol. The molecule has 3 aliphatic rings. The van der Waals surface area contributed by atoms with Gasteiger partial charge in [0.05, 0.1) is 38.6 Å². The molecule has 93 heavy (non-hydrogen) atoms. The number of aliphatic hydroxyl groups is 11. The Morgan fingerprint density at radius 1 is 0.398 bits per heavy atom. The van der Waals surface area contributed by atoms with Crippen molar-refractivity contribution in [2.75, 3.05) is 26.4 Å². The van der Waals surface area contributed by atoms with Gasteiger partial charge in [0.1, 0.15) is 73.2 Å². The van der Waals surface area contributed by atoms with Crippen LogP contribution in [0.3, 0.4) is 0 Å². The summed E-state index contributed by atoms with van der Waals surface area (Å²) in [5, 5.41) is 120. The molecule has 3 aliphatic heterocycles. The minimum absolute atomic E-state index is 0.235. The molecular formula is C74H129NO18. The van der Waals surface area contributed by atoms with Gasteiger partial charge in [0, 0.05) is 6.42 Å². The van der Waals surface area contributed by atoms with Crippen LogP contribution in [0.1, 0.15) is 245 Å². The van der Waals surface area contributed by atoms with Crippen molar-refractivity contribution in [2.45, 2.75) is 349 Å². The van der Waals surface area contributed by atoms with E-state index in [1.807, 2.05) is 6.08 Å². The molecule has 0 saturated carbocycles. The molecule has 0 spiro atoms. The molecule has 0 bridgehead atoms. The zero-order valence-electron chi connectivity index (χ0n) is 57.0. The topological polar surface area (TPSA) is 307 Å². The van der Waals surface area contributed by atoms with Gasteiger partial charge in [-0.25, -0.2) is 0 Å². The molecule has 1 amide bonds. The third kappa shape index (κ3) is 36.4. The highest BCUT2D eigenvalue weighted by Crippen LogP contribution is 2.33. The van der Waals surface area contributed by atoms with E-state index in [4.69, 9.17) is 28.4 Å². The number of amides is 1. The quantitative estimate of drug-likeness (QED) is 0.0199. The Morgan fingerprint density at radius 2 is 0.753 bits per heavy atom. The van der Waals surface area contributed by atoms with Crippen molar-refractivity contribution in [2.24, 2.45) is 0 Å². The monoisotopic (exact) mass is 1320 g/mol. The summed E-state index contributed by atoms with van der Waals surface area (Å²) < 4.78 is 34.2. The van der Waals surface area contributed by atoms with Crippen LogP contribution >= 0.6 is 0 Å². The first-order valence-corrected chi connectivity index (χ1v) is 36.3. The molecule has 3 rings (SSSR count). The highest BCUT2D eigenvalue weighted by Gasteiger charge is 2.53. The largest absolute Gasteiger partial charge is 0.394 e. The second kappa shape index (κ2) is 54.9. The Balaban J connectivity index is 1.27. The van der Waals surface area contributed by atoms with Crippen molar-refractivity contribution < 1.29 is 89.4 Å². The molecule has 0 aromatic rings. The van der Waals surface area contributed by atoms with E-state index in [1.165, 1.54) is 135 Å². The minimum atomic E-state index is -1.98. The molecule has 17 unspecified atom stereocenters. The van der Waals surface area contributed by atoms with Gasteiger partial charge in [0.25, 0.3) is 0 Å².